The maximum Gasteiger partial charge on any atom is 0.240 e. The van der Waals surface area contributed by atoms with Crippen molar-refractivity contribution < 1.29 is 13.5 Å². The Balaban J connectivity index is 0.000001000. The first-order valence-electron chi connectivity index (χ1n) is 3.38. The molecule has 11 heavy (non-hydrogen) atoms. The maximum absolute atomic E-state index is 11.7. The van der Waals surface area contributed by atoms with Crippen LogP contribution in [0.25, 0.3) is 0 Å². The molecular weight excluding hydrogens is 176 g/mol. The third kappa shape index (κ3) is 4.50. The summed E-state index contributed by atoms with van der Waals surface area (Å²) in [6.45, 7) is 1.75. The number of alkyl halides is 2. The molecule has 0 bridgehead atoms. The van der Waals surface area contributed by atoms with Crippen LogP contribution >= 0.6 is 12.4 Å². The minimum Gasteiger partial charge on any atom is -0.379 e. The third-order valence-electron chi connectivity index (χ3n) is 1.46. The molecule has 1 aliphatic heterocycles. The highest BCUT2D eigenvalue weighted by Gasteiger charge is 2.17. The van der Waals surface area contributed by atoms with Gasteiger partial charge in [0.1, 0.15) is 0 Å². The summed E-state index contributed by atoms with van der Waals surface area (Å²) in [7, 11) is 0. The Bertz CT molecular complexity index is 98.6. The van der Waals surface area contributed by atoms with E-state index in [1.165, 1.54) is 0 Å². The molecule has 1 N–H and O–H groups in total. The molecule has 1 fully saturated rings. The van der Waals surface area contributed by atoms with Crippen LogP contribution in [-0.4, -0.2) is 32.2 Å². The summed E-state index contributed by atoms with van der Waals surface area (Å²) in [4.78, 5) is 0. The summed E-state index contributed by atoms with van der Waals surface area (Å²) in [6, 6.07) is -0.145. The topological polar surface area (TPSA) is 21.3 Å². The zero-order valence-corrected chi connectivity index (χ0v) is 6.87. The summed E-state index contributed by atoms with van der Waals surface area (Å²) < 4.78 is 28.4. The zero-order chi connectivity index (χ0) is 7.40. The average Bonchev–Trinajstić information content (AvgIpc) is 1.88. The number of ether oxygens (including phenoxy) is 1. The van der Waals surface area contributed by atoms with Crippen molar-refractivity contribution in [2.45, 2.75) is 18.9 Å². The van der Waals surface area contributed by atoms with Gasteiger partial charge in [0.05, 0.1) is 13.2 Å². The normalized spacial score (nSPS) is 24.8. The Morgan fingerprint density at radius 2 is 2.27 bits per heavy atom. The Morgan fingerprint density at radius 1 is 1.55 bits per heavy atom. The second kappa shape index (κ2) is 5.69. The molecule has 68 valence electrons. The van der Waals surface area contributed by atoms with Crippen LogP contribution < -0.4 is 5.32 Å². The van der Waals surface area contributed by atoms with Crippen molar-refractivity contribution in [1.82, 2.24) is 5.32 Å². The van der Waals surface area contributed by atoms with Crippen molar-refractivity contribution >= 4 is 12.4 Å². The van der Waals surface area contributed by atoms with Crippen molar-refractivity contribution in [3.63, 3.8) is 0 Å². The molecule has 1 rings (SSSR count). The standard InChI is InChI=1S/C6H11F2NO.ClH/c7-6(8)3-5-4-10-2-1-9-5;/h5-6,9H,1-4H2;1H. The average molecular weight is 188 g/mol. The molecule has 0 amide bonds. The highest BCUT2D eigenvalue weighted by Crippen LogP contribution is 2.05. The fourth-order valence-electron chi connectivity index (χ4n) is 0.986. The Kier molecular flexibility index (Phi) is 5.72. The lowest BCUT2D eigenvalue weighted by Gasteiger charge is -2.23. The van der Waals surface area contributed by atoms with E-state index in [-0.39, 0.29) is 24.9 Å². The number of hydrogen-bond acceptors (Lipinski definition) is 2. The van der Waals surface area contributed by atoms with Gasteiger partial charge in [-0.3, -0.25) is 0 Å². The molecule has 1 atom stereocenters. The van der Waals surface area contributed by atoms with Gasteiger partial charge in [-0.1, -0.05) is 0 Å². The Labute approximate surface area is 70.7 Å². The van der Waals surface area contributed by atoms with Gasteiger partial charge in [0.25, 0.3) is 0 Å². The minimum atomic E-state index is -2.22. The van der Waals surface area contributed by atoms with E-state index in [1.54, 1.807) is 0 Å². The molecule has 0 aromatic rings. The molecule has 5 heteroatoms. The second-order valence-corrected chi connectivity index (χ2v) is 2.35. The third-order valence-corrected chi connectivity index (χ3v) is 1.46. The molecule has 1 unspecified atom stereocenters. The highest BCUT2D eigenvalue weighted by atomic mass is 35.5. The van der Waals surface area contributed by atoms with E-state index in [4.69, 9.17) is 4.74 Å². The highest BCUT2D eigenvalue weighted by molar-refractivity contribution is 5.85. The summed E-state index contributed by atoms with van der Waals surface area (Å²) in [5.41, 5.74) is 0. The van der Waals surface area contributed by atoms with E-state index >= 15 is 0 Å². The first-order valence-corrected chi connectivity index (χ1v) is 3.38. The fraction of sp³-hybridized carbons (Fsp3) is 1.00. The molecule has 0 aromatic heterocycles. The molecule has 0 aliphatic carbocycles. The minimum absolute atomic E-state index is 0. The molecule has 1 aliphatic rings. The number of halogens is 3. The molecule has 1 saturated heterocycles. The van der Waals surface area contributed by atoms with Gasteiger partial charge in [-0.15, -0.1) is 12.4 Å². The van der Waals surface area contributed by atoms with Crippen LogP contribution in [0, 0.1) is 0 Å². The quantitative estimate of drug-likeness (QED) is 0.698. The first-order chi connectivity index (χ1) is 4.79. The van der Waals surface area contributed by atoms with Crippen molar-refractivity contribution in [3.8, 4) is 0 Å². The molecule has 0 spiro atoms. The van der Waals surface area contributed by atoms with Crippen molar-refractivity contribution in [3.05, 3.63) is 0 Å². The second-order valence-electron chi connectivity index (χ2n) is 2.35. The Morgan fingerprint density at radius 3 is 2.73 bits per heavy atom. The van der Waals surface area contributed by atoms with E-state index in [2.05, 4.69) is 5.32 Å². The molecule has 1 heterocycles. The van der Waals surface area contributed by atoms with Crippen LogP contribution in [0.15, 0.2) is 0 Å². The van der Waals surface area contributed by atoms with Gasteiger partial charge in [-0.05, 0) is 0 Å². The summed E-state index contributed by atoms with van der Waals surface area (Å²) in [5.74, 6) is 0. The van der Waals surface area contributed by atoms with Crippen LogP contribution in [0.1, 0.15) is 6.42 Å². The van der Waals surface area contributed by atoms with Crippen LogP contribution in [0.5, 0.6) is 0 Å². The predicted octanol–water partition coefficient (Wildman–Crippen LogP) is 1.05. The maximum atomic E-state index is 11.7. The number of rotatable bonds is 2. The van der Waals surface area contributed by atoms with Gasteiger partial charge in [0.2, 0.25) is 6.43 Å². The summed E-state index contributed by atoms with van der Waals surface area (Å²) in [6.07, 6.45) is -2.32. The van der Waals surface area contributed by atoms with E-state index in [0.29, 0.717) is 19.8 Å². The van der Waals surface area contributed by atoms with Crippen LogP contribution in [0.2, 0.25) is 0 Å². The lowest BCUT2D eigenvalue weighted by molar-refractivity contribution is 0.0434. The predicted molar refractivity (Wildman–Crippen MR) is 40.5 cm³/mol. The number of nitrogens with one attached hydrogen (secondary N) is 1. The largest absolute Gasteiger partial charge is 0.379 e. The van der Waals surface area contributed by atoms with Gasteiger partial charge in [-0.2, -0.15) is 0 Å². The van der Waals surface area contributed by atoms with E-state index < -0.39 is 6.43 Å². The molecule has 0 radical (unpaired) electrons. The summed E-state index contributed by atoms with van der Waals surface area (Å²) in [5, 5.41) is 2.95. The lowest BCUT2D eigenvalue weighted by atomic mass is 10.2. The van der Waals surface area contributed by atoms with E-state index in [9.17, 15) is 8.78 Å². The van der Waals surface area contributed by atoms with Gasteiger partial charge < -0.3 is 10.1 Å². The van der Waals surface area contributed by atoms with Gasteiger partial charge in [0, 0.05) is 19.0 Å². The van der Waals surface area contributed by atoms with Crippen LogP contribution in [0.4, 0.5) is 8.78 Å². The number of hydrogen-bond donors (Lipinski definition) is 1. The molecule has 2 nitrogen and oxygen atoms in total. The smallest absolute Gasteiger partial charge is 0.240 e. The Hall–Kier alpha value is 0.0700. The molecular formula is C6H12ClF2NO. The summed E-state index contributed by atoms with van der Waals surface area (Å²) >= 11 is 0. The monoisotopic (exact) mass is 187 g/mol. The van der Waals surface area contributed by atoms with Gasteiger partial charge >= 0.3 is 0 Å². The fourth-order valence-corrected chi connectivity index (χ4v) is 0.986. The van der Waals surface area contributed by atoms with E-state index in [0.717, 1.165) is 0 Å². The van der Waals surface area contributed by atoms with Crippen molar-refractivity contribution in [2.75, 3.05) is 19.8 Å². The van der Waals surface area contributed by atoms with Gasteiger partial charge in [-0.25, -0.2) is 8.78 Å². The van der Waals surface area contributed by atoms with Crippen LogP contribution in [0.3, 0.4) is 0 Å². The van der Waals surface area contributed by atoms with Crippen molar-refractivity contribution in [1.29, 1.82) is 0 Å². The molecule has 0 saturated carbocycles. The SMILES string of the molecule is Cl.FC(F)CC1COCCN1. The van der Waals surface area contributed by atoms with E-state index in [1.807, 2.05) is 0 Å². The van der Waals surface area contributed by atoms with Crippen molar-refractivity contribution in [2.24, 2.45) is 0 Å². The molecule has 0 aromatic carbocycles. The number of morpholine rings is 1. The lowest BCUT2D eigenvalue weighted by Crippen LogP contribution is -2.42. The van der Waals surface area contributed by atoms with Gasteiger partial charge in [0.15, 0.2) is 0 Å². The van der Waals surface area contributed by atoms with Crippen LogP contribution in [-0.2, 0) is 4.74 Å². The first kappa shape index (κ1) is 11.1. The zero-order valence-electron chi connectivity index (χ0n) is 6.06.